The predicted octanol–water partition coefficient (Wildman–Crippen LogP) is 23.6. The topological polar surface area (TPSA) is 78.9 Å². The van der Waals surface area contributed by atoms with Gasteiger partial charge in [0.1, 0.15) is 13.2 Å². The van der Waals surface area contributed by atoms with Gasteiger partial charge in [0.2, 0.25) is 0 Å². The Hall–Kier alpha value is -3.67. The average Bonchev–Trinajstić information content (AvgIpc) is 3.46. The van der Waals surface area contributed by atoms with Gasteiger partial charge in [-0.15, -0.1) is 0 Å². The molecule has 0 N–H and O–H groups in total. The smallest absolute Gasteiger partial charge is 0.306 e. The van der Waals surface area contributed by atoms with Crippen molar-refractivity contribution < 1.29 is 28.6 Å². The molecule has 0 aromatic rings. The molecule has 6 heteroatoms. The molecule has 0 aromatic carbocycles. The number of rotatable bonds is 62. The summed E-state index contributed by atoms with van der Waals surface area (Å²) in [4.78, 5) is 38.4. The number of hydrogen-bond donors (Lipinski definition) is 0. The minimum absolute atomic E-state index is 0.0974. The molecule has 0 amide bonds. The van der Waals surface area contributed by atoms with Gasteiger partial charge < -0.3 is 14.2 Å². The number of unbranched alkanes of at least 4 members (excludes halogenated alkanes) is 35. The molecule has 6 nitrogen and oxygen atoms in total. The van der Waals surface area contributed by atoms with Crippen LogP contribution in [-0.4, -0.2) is 37.2 Å². The van der Waals surface area contributed by atoms with Gasteiger partial charge in [-0.25, -0.2) is 0 Å². The standard InChI is InChI=1S/C74H128O6/c1-4-7-10-13-16-19-22-25-28-31-33-35-37-39-41-43-46-49-52-55-58-61-64-67-73(76)79-70-71(69-78-72(75)66-63-60-57-54-51-48-45-30-27-24-21-18-15-12-9-6-3)80-74(77)68-65-62-59-56-53-50-47-44-42-40-38-36-34-32-29-26-23-20-17-14-11-8-5-2/h7,10,16,19,25,28,30,33,35,39,41,45-46,49,55,58,71H,4-6,8-9,11-15,17-18,20-24,26-27,29,31-32,34,36-38,40,42-44,47-48,50-54,56-57,59-70H2,1-3H3/b10-7-,19-16-,28-25-,35-33-,41-39-,45-30-,49-46-,58-55-. The summed E-state index contributed by atoms with van der Waals surface area (Å²) in [6.45, 7) is 6.51. The van der Waals surface area contributed by atoms with Crippen molar-refractivity contribution in [2.24, 2.45) is 0 Å². The van der Waals surface area contributed by atoms with Crippen LogP contribution < -0.4 is 0 Å². The van der Waals surface area contributed by atoms with E-state index >= 15 is 0 Å². The maximum Gasteiger partial charge on any atom is 0.306 e. The van der Waals surface area contributed by atoms with Crippen LogP contribution in [0.5, 0.6) is 0 Å². The molecule has 0 saturated heterocycles. The molecule has 80 heavy (non-hydrogen) atoms. The lowest BCUT2D eigenvalue weighted by molar-refractivity contribution is -0.167. The number of carbonyl (C=O) groups excluding carboxylic acids is 3. The van der Waals surface area contributed by atoms with Crippen LogP contribution in [0.4, 0.5) is 0 Å². The van der Waals surface area contributed by atoms with E-state index in [1.165, 1.54) is 193 Å². The van der Waals surface area contributed by atoms with E-state index in [1.54, 1.807) is 0 Å². The van der Waals surface area contributed by atoms with E-state index in [0.717, 1.165) is 96.3 Å². The third kappa shape index (κ3) is 65.1. The monoisotopic (exact) mass is 1110 g/mol. The fraction of sp³-hybridized carbons (Fsp3) is 0.743. The summed E-state index contributed by atoms with van der Waals surface area (Å²) >= 11 is 0. The van der Waals surface area contributed by atoms with Gasteiger partial charge in [0.05, 0.1) is 0 Å². The molecule has 460 valence electrons. The van der Waals surface area contributed by atoms with Gasteiger partial charge in [-0.05, 0) is 96.3 Å². The first kappa shape index (κ1) is 76.3. The Bertz CT molecular complexity index is 1560. The van der Waals surface area contributed by atoms with Crippen molar-refractivity contribution in [1.29, 1.82) is 0 Å². The summed E-state index contributed by atoms with van der Waals surface area (Å²) in [5.74, 6) is -0.951. The molecule has 0 aliphatic heterocycles. The number of carbonyl (C=O) groups is 3. The minimum atomic E-state index is -0.805. The van der Waals surface area contributed by atoms with Crippen LogP contribution in [0.3, 0.4) is 0 Å². The van der Waals surface area contributed by atoms with E-state index in [0.29, 0.717) is 19.3 Å². The highest BCUT2D eigenvalue weighted by molar-refractivity contribution is 5.71. The van der Waals surface area contributed by atoms with Crippen LogP contribution >= 0.6 is 0 Å². The highest BCUT2D eigenvalue weighted by Gasteiger charge is 2.19. The molecule has 0 heterocycles. The fourth-order valence-electron chi connectivity index (χ4n) is 9.72. The maximum absolute atomic E-state index is 13.0. The quantitative estimate of drug-likeness (QED) is 0.0261. The zero-order valence-corrected chi connectivity index (χ0v) is 52.8. The molecule has 0 aliphatic carbocycles. The summed E-state index contributed by atoms with van der Waals surface area (Å²) in [5, 5.41) is 0. The number of esters is 3. The summed E-state index contributed by atoms with van der Waals surface area (Å²) in [7, 11) is 0. The summed E-state index contributed by atoms with van der Waals surface area (Å²) in [6.07, 6.45) is 91.5. The van der Waals surface area contributed by atoms with Crippen molar-refractivity contribution in [3.05, 3.63) is 97.2 Å². The van der Waals surface area contributed by atoms with Crippen LogP contribution in [0, 0.1) is 0 Å². The molecule has 0 bridgehead atoms. The van der Waals surface area contributed by atoms with E-state index in [4.69, 9.17) is 14.2 Å². The van der Waals surface area contributed by atoms with Crippen LogP contribution in [0.1, 0.15) is 335 Å². The molecule has 1 unspecified atom stereocenters. The average molecular weight is 1110 g/mol. The Morgan fingerprint density at radius 2 is 0.500 bits per heavy atom. The number of allylic oxidation sites excluding steroid dienone is 16. The largest absolute Gasteiger partial charge is 0.462 e. The number of hydrogen-bond acceptors (Lipinski definition) is 6. The summed E-state index contributed by atoms with van der Waals surface area (Å²) in [6, 6.07) is 0. The van der Waals surface area contributed by atoms with E-state index < -0.39 is 6.10 Å². The van der Waals surface area contributed by atoms with Crippen molar-refractivity contribution in [1.82, 2.24) is 0 Å². The van der Waals surface area contributed by atoms with Gasteiger partial charge in [-0.1, -0.05) is 317 Å². The third-order valence-electron chi connectivity index (χ3n) is 14.8. The molecular formula is C74H128O6. The van der Waals surface area contributed by atoms with E-state index in [9.17, 15) is 14.4 Å². The predicted molar refractivity (Wildman–Crippen MR) is 348 cm³/mol. The normalized spacial score (nSPS) is 12.7. The van der Waals surface area contributed by atoms with Crippen molar-refractivity contribution in [3.63, 3.8) is 0 Å². The number of ether oxygens (including phenoxy) is 3. The molecular weight excluding hydrogens is 985 g/mol. The van der Waals surface area contributed by atoms with Crippen molar-refractivity contribution in [3.8, 4) is 0 Å². The molecule has 0 fully saturated rings. The van der Waals surface area contributed by atoms with E-state index in [2.05, 4.69) is 118 Å². The Balaban J connectivity index is 4.44. The first-order valence-electron chi connectivity index (χ1n) is 34.2. The lowest BCUT2D eigenvalue weighted by Gasteiger charge is -2.18. The first-order valence-corrected chi connectivity index (χ1v) is 34.2. The third-order valence-corrected chi connectivity index (χ3v) is 14.8. The van der Waals surface area contributed by atoms with E-state index in [-0.39, 0.29) is 37.5 Å². The second kappa shape index (κ2) is 67.8. The molecule has 0 aromatic heterocycles. The van der Waals surface area contributed by atoms with Crippen molar-refractivity contribution in [2.75, 3.05) is 13.2 Å². The second-order valence-corrected chi connectivity index (χ2v) is 22.7. The van der Waals surface area contributed by atoms with Crippen LogP contribution in [0.25, 0.3) is 0 Å². The molecule has 0 radical (unpaired) electrons. The summed E-state index contributed by atoms with van der Waals surface area (Å²) < 4.78 is 16.9. The van der Waals surface area contributed by atoms with Crippen LogP contribution in [0.2, 0.25) is 0 Å². The van der Waals surface area contributed by atoms with Gasteiger partial charge in [0.25, 0.3) is 0 Å². The van der Waals surface area contributed by atoms with Gasteiger partial charge in [-0.3, -0.25) is 14.4 Å². The Labute approximate surface area is 496 Å². The van der Waals surface area contributed by atoms with Crippen molar-refractivity contribution in [2.45, 2.75) is 341 Å². The lowest BCUT2D eigenvalue weighted by atomic mass is 10.0. The van der Waals surface area contributed by atoms with Gasteiger partial charge in [0, 0.05) is 19.3 Å². The zero-order valence-electron chi connectivity index (χ0n) is 52.8. The lowest BCUT2D eigenvalue weighted by Crippen LogP contribution is -2.30. The molecule has 0 saturated carbocycles. The minimum Gasteiger partial charge on any atom is -0.462 e. The Morgan fingerprint density at radius 1 is 0.263 bits per heavy atom. The first-order chi connectivity index (χ1) is 39.5. The summed E-state index contributed by atoms with van der Waals surface area (Å²) in [5.41, 5.74) is 0. The zero-order chi connectivity index (χ0) is 57.8. The van der Waals surface area contributed by atoms with Gasteiger partial charge in [0.15, 0.2) is 6.10 Å². The Kier molecular flexibility index (Phi) is 64.7. The molecule has 0 aliphatic rings. The Morgan fingerprint density at radius 3 is 0.825 bits per heavy atom. The molecule has 0 spiro atoms. The fourth-order valence-corrected chi connectivity index (χ4v) is 9.72. The van der Waals surface area contributed by atoms with E-state index in [1.807, 2.05) is 0 Å². The van der Waals surface area contributed by atoms with Crippen LogP contribution in [-0.2, 0) is 28.6 Å². The molecule has 1 atom stereocenters. The van der Waals surface area contributed by atoms with Crippen molar-refractivity contribution >= 4 is 17.9 Å². The highest BCUT2D eigenvalue weighted by Crippen LogP contribution is 2.17. The highest BCUT2D eigenvalue weighted by atomic mass is 16.6. The molecule has 0 rings (SSSR count). The maximum atomic E-state index is 13.0. The van der Waals surface area contributed by atoms with Gasteiger partial charge in [-0.2, -0.15) is 0 Å². The SMILES string of the molecule is CC/C=C\C/C=C\C/C=C\C/C=C\C/C=C\C/C=C\C/C=C\CCCC(=O)OCC(COC(=O)CCCCCCC/C=C\CCCCCCCCC)OC(=O)CCCCCCCCCCCCCCCCCCCCCCCCC. The van der Waals surface area contributed by atoms with Gasteiger partial charge >= 0.3 is 17.9 Å². The van der Waals surface area contributed by atoms with Crippen LogP contribution in [0.15, 0.2) is 97.2 Å². The second-order valence-electron chi connectivity index (χ2n) is 22.7.